The van der Waals surface area contributed by atoms with Crippen LogP contribution in [0, 0.1) is 0 Å². The largest absolute Gasteiger partial charge is 0.507 e. The van der Waals surface area contributed by atoms with Crippen LogP contribution in [0.15, 0.2) is 74.8 Å². The number of rotatable bonds is 7. The van der Waals surface area contributed by atoms with Gasteiger partial charge in [-0.3, -0.25) is 10.1 Å². The third-order valence-corrected chi connectivity index (χ3v) is 5.38. The second-order valence-corrected chi connectivity index (χ2v) is 7.37. The number of amides is 1. The number of halogens is 1. The predicted molar refractivity (Wildman–Crippen MR) is 122 cm³/mol. The summed E-state index contributed by atoms with van der Waals surface area (Å²) in [6, 6.07) is 9.61. The minimum Gasteiger partial charge on any atom is -0.507 e. The van der Waals surface area contributed by atoms with Crippen molar-refractivity contribution in [3.8, 4) is 11.5 Å². The van der Waals surface area contributed by atoms with Crippen LogP contribution in [0.3, 0.4) is 0 Å². The lowest BCUT2D eigenvalue weighted by Crippen LogP contribution is -2.22. The molecule has 0 unspecified atom stereocenters. The highest BCUT2D eigenvalue weighted by Crippen LogP contribution is 2.34. The van der Waals surface area contributed by atoms with Crippen molar-refractivity contribution in [1.82, 2.24) is 5.32 Å². The number of nitrogens with zero attached hydrogens (tertiary/aromatic N) is 2. The molecule has 0 aliphatic carbocycles. The van der Waals surface area contributed by atoms with Crippen LogP contribution in [0.5, 0.6) is 11.5 Å². The number of aliphatic imine (C=N–C) groups is 1. The average Bonchev–Trinajstić information content (AvgIpc) is 2.93. The number of allylic oxidation sites excluding steroid dienone is 1. The van der Waals surface area contributed by atoms with E-state index >= 15 is 4.39 Å². The van der Waals surface area contributed by atoms with Crippen molar-refractivity contribution in [2.45, 2.75) is 18.2 Å². The maximum absolute atomic E-state index is 15.2. The van der Waals surface area contributed by atoms with Crippen LogP contribution in [-0.2, 0) is 16.1 Å². The number of benzene rings is 2. The van der Waals surface area contributed by atoms with Gasteiger partial charge in [-0.2, -0.15) is 0 Å². The minimum atomic E-state index is -0.966. The first-order chi connectivity index (χ1) is 15.4. The summed E-state index contributed by atoms with van der Waals surface area (Å²) in [4.78, 5) is 21.7. The number of aryl methyl sites for hydroxylation is 1. The SMILES string of the molecule is CCc1cccc(SC)c1/N=C(/N)C1=C(NC=O)ON=C(c2c(O)cccc2O)C(F)=C1. The highest BCUT2D eigenvalue weighted by molar-refractivity contribution is 7.98. The Morgan fingerprint density at radius 3 is 2.59 bits per heavy atom. The summed E-state index contributed by atoms with van der Waals surface area (Å²) in [7, 11) is 0. The lowest BCUT2D eigenvalue weighted by Gasteiger charge is -2.11. The summed E-state index contributed by atoms with van der Waals surface area (Å²) < 4.78 is 15.2. The molecule has 0 fully saturated rings. The van der Waals surface area contributed by atoms with Gasteiger partial charge in [-0.15, -0.1) is 11.8 Å². The van der Waals surface area contributed by atoms with Crippen LogP contribution in [0.2, 0.25) is 0 Å². The van der Waals surface area contributed by atoms with E-state index in [9.17, 15) is 15.0 Å². The number of amidine groups is 1. The number of para-hydroxylation sites is 1. The molecule has 3 rings (SSSR count). The first kappa shape index (κ1) is 22.9. The normalized spacial score (nSPS) is 14.3. The van der Waals surface area contributed by atoms with E-state index in [1.54, 1.807) is 0 Å². The number of thioether (sulfide) groups is 1. The molecule has 2 aromatic carbocycles. The Bertz CT molecular complexity index is 1130. The number of phenolic OH excluding ortho intramolecular Hbond substituents is 2. The van der Waals surface area contributed by atoms with Gasteiger partial charge < -0.3 is 20.8 Å². The van der Waals surface area contributed by atoms with E-state index in [2.05, 4.69) is 15.5 Å². The van der Waals surface area contributed by atoms with Gasteiger partial charge in [0, 0.05) is 4.90 Å². The van der Waals surface area contributed by atoms with Gasteiger partial charge >= 0.3 is 0 Å². The molecular weight excluding hydrogens is 435 g/mol. The van der Waals surface area contributed by atoms with Crippen LogP contribution < -0.4 is 11.1 Å². The van der Waals surface area contributed by atoms with Gasteiger partial charge in [-0.1, -0.05) is 30.3 Å². The zero-order valence-corrected chi connectivity index (χ0v) is 18.1. The van der Waals surface area contributed by atoms with Crippen molar-refractivity contribution in [1.29, 1.82) is 0 Å². The topological polar surface area (TPSA) is 130 Å². The van der Waals surface area contributed by atoms with Gasteiger partial charge in [-0.25, -0.2) is 9.38 Å². The molecule has 1 aliphatic rings. The van der Waals surface area contributed by atoms with Gasteiger partial charge in [0.2, 0.25) is 12.3 Å². The van der Waals surface area contributed by atoms with Gasteiger partial charge in [0.15, 0.2) is 11.5 Å². The summed E-state index contributed by atoms with van der Waals surface area (Å²) in [5.41, 5.74) is 6.94. The van der Waals surface area contributed by atoms with Crippen LogP contribution in [0.4, 0.5) is 10.1 Å². The van der Waals surface area contributed by atoms with E-state index in [0.29, 0.717) is 18.5 Å². The van der Waals surface area contributed by atoms with E-state index < -0.39 is 23.0 Å². The fraction of sp³-hybridized carbons (Fsp3) is 0.136. The molecule has 2 aromatic rings. The zero-order valence-electron chi connectivity index (χ0n) is 17.3. The fourth-order valence-corrected chi connectivity index (χ4v) is 3.64. The lowest BCUT2D eigenvalue weighted by molar-refractivity contribution is -0.109. The van der Waals surface area contributed by atoms with E-state index in [1.165, 1.54) is 30.0 Å². The summed E-state index contributed by atoms with van der Waals surface area (Å²) in [5.74, 6) is -2.18. The minimum absolute atomic E-state index is 0.0683. The van der Waals surface area contributed by atoms with Crippen molar-refractivity contribution < 1.29 is 24.2 Å². The summed E-state index contributed by atoms with van der Waals surface area (Å²) >= 11 is 1.48. The van der Waals surface area contributed by atoms with Crippen molar-refractivity contribution in [3.63, 3.8) is 0 Å². The van der Waals surface area contributed by atoms with Crippen LogP contribution in [0.1, 0.15) is 18.1 Å². The highest BCUT2D eigenvalue weighted by Gasteiger charge is 2.25. The van der Waals surface area contributed by atoms with Gasteiger partial charge in [0.05, 0.1) is 16.8 Å². The quantitative estimate of drug-likeness (QED) is 0.218. The molecule has 166 valence electrons. The third-order valence-electron chi connectivity index (χ3n) is 4.61. The number of carbonyl (C=O) groups excluding carboxylic acids is 1. The van der Waals surface area contributed by atoms with Crippen molar-refractivity contribution in [3.05, 3.63) is 70.9 Å². The molecule has 1 aliphatic heterocycles. The van der Waals surface area contributed by atoms with E-state index in [0.717, 1.165) is 16.5 Å². The van der Waals surface area contributed by atoms with Crippen LogP contribution in [-0.4, -0.2) is 34.4 Å². The summed E-state index contributed by atoms with van der Waals surface area (Å²) in [5, 5.41) is 26.1. The Morgan fingerprint density at radius 1 is 1.28 bits per heavy atom. The maximum atomic E-state index is 15.2. The lowest BCUT2D eigenvalue weighted by atomic mass is 10.0. The Kier molecular flexibility index (Phi) is 7.16. The molecule has 5 N–H and O–H groups in total. The Hall–Kier alpha value is -3.79. The van der Waals surface area contributed by atoms with Gasteiger partial charge in [0.25, 0.3) is 0 Å². The second kappa shape index (κ2) is 10.0. The predicted octanol–water partition coefficient (Wildman–Crippen LogP) is 3.62. The Labute approximate surface area is 188 Å². The highest BCUT2D eigenvalue weighted by atomic mass is 32.2. The molecule has 8 nitrogen and oxygen atoms in total. The second-order valence-electron chi connectivity index (χ2n) is 6.52. The number of aromatic hydroxyl groups is 2. The summed E-state index contributed by atoms with van der Waals surface area (Å²) in [6.07, 6.45) is 3.88. The summed E-state index contributed by atoms with van der Waals surface area (Å²) in [6.45, 7) is 1.97. The van der Waals surface area contributed by atoms with Crippen LogP contribution >= 0.6 is 11.8 Å². The zero-order chi connectivity index (χ0) is 23.3. The standard InChI is InChI=1S/C22H21FN4O4S/c1-3-12-6-4-9-17(32-2)19(12)26-21(24)13-10-14(23)20(27-31-22(13)25-11-28)18-15(29)7-5-8-16(18)30/h4-11,29-30H,3H2,1-2H3,(H2,24,26)(H,25,28). The molecule has 0 spiro atoms. The molecule has 0 aromatic heterocycles. The Morgan fingerprint density at radius 2 is 1.97 bits per heavy atom. The van der Waals surface area contributed by atoms with E-state index in [1.807, 2.05) is 31.4 Å². The average molecular weight is 456 g/mol. The number of nitrogens with two attached hydrogens (primary N) is 1. The van der Waals surface area contributed by atoms with Crippen LogP contribution in [0.25, 0.3) is 0 Å². The number of nitrogens with one attached hydrogen (secondary N) is 1. The first-order valence-corrected chi connectivity index (χ1v) is 10.7. The molecule has 32 heavy (non-hydrogen) atoms. The van der Waals surface area contributed by atoms with Gasteiger partial charge in [0.1, 0.15) is 17.3 Å². The molecular formula is C22H21FN4O4S. The number of carbonyl (C=O) groups is 1. The monoisotopic (exact) mass is 456 g/mol. The fourth-order valence-electron chi connectivity index (χ4n) is 3.05. The third kappa shape index (κ3) is 4.59. The molecule has 0 saturated carbocycles. The number of phenols is 2. The first-order valence-electron chi connectivity index (χ1n) is 9.50. The smallest absolute Gasteiger partial charge is 0.240 e. The van der Waals surface area contributed by atoms with Crippen molar-refractivity contribution >= 4 is 35.4 Å². The van der Waals surface area contributed by atoms with E-state index in [-0.39, 0.29) is 22.9 Å². The number of oxime groups is 1. The van der Waals surface area contributed by atoms with E-state index in [4.69, 9.17) is 10.6 Å². The molecule has 0 radical (unpaired) electrons. The van der Waals surface area contributed by atoms with Crippen molar-refractivity contribution in [2.24, 2.45) is 15.9 Å². The van der Waals surface area contributed by atoms with Crippen molar-refractivity contribution in [2.75, 3.05) is 6.26 Å². The molecule has 1 heterocycles. The molecule has 0 atom stereocenters. The molecule has 10 heteroatoms. The van der Waals surface area contributed by atoms with Gasteiger partial charge in [-0.05, 0) is 42.5 Å². The number of hydrogen-bond acceptors (Lipinski definition) is 7. The molecule has 0 bridgehead atoms. The molecule has 0 saturated heterocycles. The maximum Gasteiger partial charge on any atom is 0.240 e. The number of hydrogen-bond donors (Lipinski definition) is 4. The Balaban J connectivity index is 2.14. The molecule has 1 amide bonds.